The van der Waals surface area contributed by atoms with Crippen molar-refractivity contribution in [2.75, 3.05) is 19.6 Å². The summed E-state index contributed by atoms with van der Waals surface area (Å²) in [5, 5.41) is 10.4. The Kier molecular flexibility index (Phi) is 5.34. The average Bonchev–Trinajstić information content (AvgIpc) is 3.22. The minimum atomic E-state index is -0.425. The molecule has 0 saturated carbocycles. The summed E-state index contributed by atoms with van der Waals surface area (Å²) >= 11 is 0. The van der Waals surface area contributed by atoms with Crippen LogP contribution in [0.25, 0.3) is 0 Å². The number of carbonyl (C=O) groups is 1. The summed E-state index contributed by atoms with van der Waals surface area (Å²) in [6.07, 6.45) is 0. The van der Waals surface area contributed by atoms with Crippen LogP contribution >= 0.6 is 0 Å². The first-order valence-corrected chi connectivity index (χ1v) is 9.20. The molecule has 0 radical (unpaired) electrons. The lowest BCUT2D eigenvalue weighted by Gasteiger charge is -2.33. The molecule has 1 amide bonds. The van der Waals surface area contributed by atoms with Crippen molar-refractivity contribution < 1.29 is 13.9 Å². The van der Waals surface area contributed by atoms with Crippen molar-refractivity contribution in [3.8, 4) is 5.75 Å². The van der Waals surface area contributed by atoms with Gasteiger partial charge in [0.1, 0.15) is 6.61 Å². The zero-order valence-electron chi connectivity index (χ0n) is 15.3. The van der Waals surface area contributed by atoms with Crippen LogP contribution in [0.15, 0.2) is 60.7 Å². The molecular formula is C21H21FN4O2. The van der Waals surface area contributed by atoms with Gasteiger partial charge in [-0.2, -0.15) is 5.10 Å². The number of ether oxygens (including phenoxy) is 1. The largest absolute Gasteiger partial charge is 0.484 e. The number of nitrogens with zero attached hydrogens (tertiary/aromatic N) is 2. The van der Waals surface area contributed by atoms with E-state index in [2.05, 4.69) is 27.6 Å². The topological polar surface area (TPSA) is 70.2 Å². The molecule has 0 aliphatic carbocycles. The first-order valence-electron chi connectivity index (χ1n) is 9.20. The van der Waals surface area contributed by atoms with Gasteiger partial charge in [0, 0.05) is 25.7 Å². The maximum absolute atomic E-state index is 13.6. The molecule has 1 atom stereocenters. The highest BCUT2D eigenvalue weighted by Gasteiger charge is 2.26. The molecule has 1 aliphatic rings. The van der Waals surface area contributed by atoms with E-state index in [1.54, 1.807) is 29.2 Å². The first-order chi connectivity index (χ1) is 13.7. The van der Waals surface area contributed by atoms with E-state index in [0.717, 1.165) is 12.1 Å². The molecule has 4 rings (SSSR count). The lowest BCUT2D eigenvalue weighted by Crippen LogP contribution is -2.48. The number of benzene rings is 2. The van der Waals surface area contributed by atoms with E-state index in [1.165, 1.54) is 6.07 Å². The van der Waals surface area contributed by atoms with Gasteiger partial charge in [-0.25, -0.2) is 4.39 Å². The smallest absolute Gasteiger partial charge is 0.274 e. The van der Waals surface area contributed by atoms with Crippen molar-refractivity contribution in [1.29, 1.82) is 0 Å². The Morgan fingerprint density at radius 1 is 1.18 bits per heavy atom. The van der Waals surface area contributed by atoms with Gasteiger partial charge < -0.3 is 15.0 Å². The lowest BCUT2D eigenvalue weighted by molar-refractivity contribution is 0.0697. The Hall–Kier alpha value is -3.19. The average molecular weight is 380 g/mol. The van der Waals surface area contributed by atoms with Crippen LogP contribution in [0.3, 0.4) is 0 Å². The number of rotatable bonds is 5. The molecule has 0 bridgehead atoms. The molecule has 7 heteroatoms. The minimum Gasteiger partial charge on any atom is -0.484 e. The SMILES string of the molecule is O=C(c1cc(COc2ccccc2F)[nH]n1)N1CCN[C@H](c2ccccc2)C1. The molecule has 3 aromatic rings. The van der Waals surface area contributed by atoms with Crippen molar-refractivity contribution in [3.05, 3.63) is 83.4 Å². The lowest BCUT2D eigenvalue weighted by atomic mass is 10.0. The summed E-state index contributed by atoms with van der Waals surface area (Å²) in [4.78, 5) is 14.6. The zero-order valence-corrected chi connectivity index (χ0v) is 15.3. The van der Waals surface area contributed by atoms with Gasteiger partial charge in [0.05, 0.1) is 5.69 Å². The maximum atomic E-state index is 13.6. The van der Waals surface area contributed by atoms with Gasteiger partial charge in [-0.05, 0) is 23.8 Å². The van der Waals surface area contributed by atoms with Crippen molar-refractivity contribution in [2.45, 2.75) is 12.6 Å². The van der Waals surface area contributed by atoms with Crippen LogP contribution in [0, 0.1) is 5.82 Å². The third kappa shape index (κ3) is 4.04. The normalized spacial score (nSPS) is 16.8. The Balaban J connectivity index is 1.39. The molecule has 1 saturated heterocycles. The van der Waals surface area contributed by atoms with Gasteiger partial charge >= 0.3 is 0 Å². The Morgan fingerprint density at radius 2 is 1.96 bits per heavy atom. The van der Waals surface area contributed by atoms with Crippen molar-refractivity contribution in [2.24, 2.45) is 0 Å². The van der Waals surface area contributed by atoms with E-state index < -0.39 is 5.82 Å². The fraction of sp³-hybridized carbons (Fsp3) is 0.238. The number of para-hydroxylation sites is 1. The highest BCUT2D eigenvalue weighted by molar-refractivity contribution is 5.92. The monoisotopic (exact) mass is 380 g/mol. The molecule has 2 aromatic carbocycles. The van der Waals surface area contributed by atoms with Gasteiger partial charge in [0.25, 0.3) is 5.91 Å². The standard InChI is InChI=1S/C21H21FN4O2/c22-17-8-4-5-9-20(17)28-14-16-12-18(25-24-16)21(27)26-11-10-23-19(13-26)15-6-2-1-3-7-15/h1-9,12,19,23H,10-11,13-14H2,(H,24,25)/t19-/m0/s1. The highest BCUT2D eigenvalue weighted by atomic mass is 19.1. The summed E-state index contributed by atoms with van der Waals surface area (Å²) in [6, 6.07) is 18.0. The van der Waals surface area contributed by atoms with E-state index in [9.17, 15) is 9.18 Å². The Morgan fingerprint density at radius 3 is 2.79 bits per heavy atom. The molecule has 2 N–H and O–H groups in total. The molecule has 0 unspecified atom stereocenters. The number of hydrogen-bond acceptors (Lipinski definition) is 4. The number of halogens is 1. The zero-order chi connectivity index (χ0) is 19.3. The molecule has 1 fully saturated rings. The van der Waals surface area contributed by atoms with Crippen LogP contribution in [0.2, 0.25) is 0 Å². The molecule has 2 heterocycles. The van der Waals surface area contributed by atoms with Crippen molar-refractivity contribution in [1.82, 2.24) is 20.4 Å². The first kappa shape index (κ1) is 18.2. The van der Waals surface area contributed by atoms with Crippen LogP contribution in [0.5, 0.6) is 5.75 Å². The van der Waals surface area contributed by atoms with Gasteiger partial charge in [0.15, 0.2) is 17.3 Å². The Bertz CT molecular complexity index is 944. The molecule has 1 aromatic heterocycles. The summed E-state index contributed by atoms with van der Waals surface area (Å²) in [5.41, 5.74) is 2.10. The van der Waals surface area contributed by atoms with E-state index in [-0.39, 0.29) is 24.3 Å². The summed E-state index contributed by atoms with van der Waals surface area (Å²) in [5.74, 6) is -0.389. The third-order valence-electron chi connectivity index (χ3n) is 4.73. The summed E-state index contributed by atoms with van der Waals surface area (Å²) in [6.45, 7) is 2.03. The summed E-state index contributed by atoms with van der Waals surface area (Å²) in [7, 11) is 0. The quantitative estimate of drug-likeness (QED) is 0.714. The third-order valence-corrected chi connectivity index (χ3v) is 4.73. The van der Waals surface area contributed by atoms with Crippen LogP contribution in [-0.4, -0.2) is 40.6 Å². The number of hydrogen-bond donors (Lipinski definition) is 2. The van der Waals surface area contributed by atoms with Crippen LogP contribution < -0.4 is 10.1 Å². The number of H-pyrrole nitrogens is 1. The van der Waals surface area contributed by atoms with Crippen LogP contribution in [0.4, 0.5) is 4.39 Å². The number of amides is 1. The maximum Gasteiger partial charge on any atom is 0.274 e. The summed E-state index contributed by atoms with van der Waals surface area (Å²) < 4.78 is 19.1. The van der Waals surface area contributed by atoms with E-state index >= 15 is 0 Å². The van der Waals surface area contributed by atoms with Crippen LogP contribution in [-0.2, 0) is 6.61 Å². The van der Waals surface area contributed by atoms with Gasteiger partial charge in [-0.15, -0.1) is 0 Å². The van der Waals surface area contributed by atoms with E-state index in [1.807, 2.05) is 18.2 Å². The van der Waals surface area contributed by atoms with Gasteiger partial charge in [-0.3, -0.25) is 9.89 Å². The number of carbonyl (C=O) groups excluding carboxylic acids is 1. The second-order valence-corrected chi connectivity index (χ2v) is 6.67. The fourth-order valence-corrected chi connectivity index (χ4v) is 3.27. The number of piperazine rings is 1. The second kappa shape index (κ2) is 8.22. The fourth-order valence-electron chi connectivity index (χ4n) is 3.27. The Labute approximate surface area is 162 Å². The van der Waals surface area contributed by atoms with Crippen LogP contribution in [0.1, 0.15) is 27.8 Å². The van der Waals surface area contributed by atoms with Crippen molar-refractivity contribution in [3.63, 3.8) is 0 Å². The van der Waals surface area contributed by atoms with E-state index in [4.69, 9.17) is 4.74 Å². The number of nitrogens with one attached hydrogen (secondary N) is 2. The molecule has 1 aliphatic heterocycles. The molecule has 144 valence electrons. The molecular weight excluding hydrogens is 359 g/mol. The number of aromatic nitrogens is 2. The van der Waals surface area contributed by atoms with Gasteiger partial charge in [0.2, 0.25) is 0 Å². The minimum absolute atomic E-state index is 0.0988. The van der Waals surface area contributed by atoms with Gasteiger partial charge in [-0.1, -0.05) is 42.5 Å². The molecule has 6 nitrogen and oxygen atoms in total. The number of aromatic amines is 1. The molecule has 28 heavy (non-hydrogen) atoms. The van der Waals surface area contributed by atoms with Crippen molar-refractivity contribution >= 4 is 5.91 Å². The van der Waals surface area contributed by atoms with E-state index in [0.29, 0.717) is 24.5 Å². The predicted molar refractivity (Wildman–Crippen MR) is 102 cm³/mol. The molecule has 0 spiro atoms. The highest BCUT2D eigenvalue weighted by Crippen LogP contribution is 2.19. The predicted octanol–water partition coefficient (Wildman–Crippen LogP) is 2.91. The second-order valence-electron chi connectivity index (χ2n) is 6.67.